The van der Waals surface area contributed by atoms with E-state index in [0.29, 0.717) is 10.4 Å². The second-order valence-electron chi connectivity index (χ2n) is 3.99. The molecular weight excluding hydrogens is 309 g/mol. The van der Waals surface area contributed by atoms with E-state index in [2.05, 4.69) is 0 Å². The summed E-state index contributed by atoms with van der Waals surface area (Å²) in [6.07, 6.45) is -0.428. The number of hydrogen-bond donors (Lipinski definition) is 2. The third-order valence-corrected chi connectivity index (χ3v) is 3.93. The number of nitro groups is 1. The van der Waals surface area contributed by atoms with Gasteiger partial charge in [-0.05, 0) is 12.1 Å². The fourth-order valence-corrected chi connectivity index (χ4v) is 2.27. The Bertz CT molecular complexity index is 663. The minimum Gasteiger partial charge on any atom is -0.481 e. The van der Waals surface area contributed by atoms with Gasteiger partial charge in [0.05, 0.1) is 17.4 Å². The summed E-state index contributed by atoms with van der Waals surface area (Å²) in [5.41, 5.74) is -1.16. The molecule has 0 heterocycles. The van der Waals surface area contributed by atoms with Gasteiger partial charge in [-0.15, -0.1) is 0 Å². The van der Waals surface area contributed by atoms with Gasteiger partial charge < -0.3 is 5.11 Å². The highest BCUT2D eigenvalue weighted by atomic mass is 32.2. The quantitative estimate of drug-likeness (QED) is 0.564. The van der Waals surface area contributed by atoms with Crippen LogP contribution in [0.5, 0.6) is 0 Å². The van der Waals surface area contributed by atoms with Crippen LogP contribution in [-0.4, -0.2) is 42.3 Å². The van der Waals surface area contributed by atoms with E-state index in [9.17, 15) is 27.7 Å². The smallest absolute Gasteiger partial charge is 0.304 e. The molecule has 0 aromatic heterocycles. The second-order valence-corrected chi connectivity index (χ2v) is 5.77. The lowest BCUT2D eigenvalue weighted by atomic mass is 10.3. The van der Waals surface area contributed by atoms with Crippen LogP contribution in [0.1, 0.15) is 6.42 Å². The summed E-state index contributed by atoms with van der Waals surface area (Å²) >= 11 is 0. The first-order chi connectivity index (χ1) is 9.63. The number of carboxylic acid groups (broad SMARTS) is 1. The molecule has 0 atom stereocenters. The van der Waals surface area contributed by atoms with Gasteiger partial charge in [0.2, 0.25) is 0 Å². The van der Waals surface area contributed by atoms with Gasteiger partial charge >= 0.3 is 16.2 Å². The molecule has 21 heavy (non-hydrogen) atoms. The lowest BCUT2D eigenvalue weighted by Crippen LogP contribution is -2.34. The summed E-state index contributed by atoms with van der Waals surface area (Å²) in [7, 11) is -3.07. The van der Waals surface area contributed by atoms with E-state index in [4.69, 9.17) is 5.11 Å². The largest absolute Gasteiger partial charge is 0.481 e. The number of rotatable bonds is 7. The zero-order valence-electron chi connectivity index (χ0n) is 10.8. The molecule has 116 valence electrons. The topological polar surface area (TPSA) is 130 Å². The van der Waals surface area contributed by atoms with Crippen molar-refractivity contribution in [2.75, 3.05) is 18.3 Å². The Kier molecular flexibility index (Phi) is 5.16. The van der Waals surface area contributed by atoms with Crippen LogP contribution in [0.2, 0.25) is 0 Å². The number of hydrogen-bond acceptors (Lipinski definition) is 5. The van der Waals surface area contributed by atoms with Crippen LogP contribution in [-0.2, 0) is 15.0 Å². The molecule has 2 N–H and O–H groups in total. The molecule has 0 radical (unpaired) electrons. The molecule has 0 amide bonds. The van der Waals surface area contributed by atoms with Gasteiger partial charge in [-0.2, -0.15) is 12.7 Å². The minimum absolute atomic E-state index is 0.320. The van der Waals surface area contributed by atoms with Crippen molar-refractivity contribution in [1.82, 2.24) is 4.31 Å². The van der Waals surface area contributed by atoms with Crippen molar-refractivity contribution in [2.24, 2.45) is 0 Å². The molecule has 0 aliphatic carbocycles. The predicted octanol–water partition coefficient (Wildman–Crippen LogP) is 0.797. The SMILES string of the molecule is CN(CCC(=O)O)S(=O)(=O)Nc1ccc(F)cc1[N+](=O)[O-]. The monoisotopic (exact) mass is 321 g/mol. The van der Waals surface area contributed by atoms with Gasteiger partial charge in [-0.3, -0.25) is 19.6 Å². The number of carbonyl (C=O) groups is 1. The molecule has 9 nitrogen and oxygen atoms in total. The number of nitrogens with zero attached hydrogens (tertiary/aromatic N) is 2. The Morgan fingerprint density at radius 1 is 1.52 bits per heavy atom. The lowest BCUT2D eigenvalue weighted by Gasteiger charge is -2.17. The van der Waals surface area contributed by atoms with E-state index in [0.717, 1.165) is 19.2 Å². The molecular formula is C10H12FN3O6S. The van der Waals surface area contributed by atoms with Crippen LogP contribution < -0.4 is 4.72 Å². The Hall–Kier alpha value is -2.27. The number of halogens is 1. The van der Waals surface area contributed by atoms with Crippen molar-refractivity contribution >= 4 is 27.6 Å². The van der Waals surface area contributed by atoms with Crippen LogP contribution in [0, 0.1) is 15.9 Å². The van der Waals surface area contributed by atoms with Crippen molar-refractivity contribution in [3.05, 3.63) is 34.1 Å². The number of carboxylic acids is 1. The summed E-state index contributed by atoms with van der Waals surface area (Å²) in [5, 5.41) is 19.2. The fraction of sp³-hybridized carbons (Fsp3) is 0.300. The first kappa shape index (κ1) is 16.8. The van der Waals surface area contributed by atoms with E-state index >= 15 is 0 Å². The maximum Gasteiger partial charge on any atom is 0.304 e. The van der Waals surface area contributed by atoms with E-state index in [-0.39, 0.29) is 6.54 Å². The van der Waals surface area contributed by atoms with E-state index in [1.165, 1.54) is 0 Å². The van der Waals surface area contributed by atoms with E-state index < -0.39 is 44.7 Å². The summed E-state index contributed by atoms with van der Waals surface area (Å²) in [4.78, 5) is 20.2. The van der Waals surface area contributed by atoms with Crippen molar-refractivity contribution in [3.8, 4) is 0 Å². The van der Waals surface area contributed by atoms with Crippen molar-refractivity contribution in [1.29, 1.82) is 0 Å². The molecule has 0 aliphatic heterocycles. The molecule has 1 aromatic rings. The highest BCUT2D eigenvalue weighted by Crippen LogP contribution is 2.26. The summed E-state index contributed by atoms with van der Waals surface area (Å²) in [5.74, 6) is -2.08. The van der Waals surface area contributed by atoms with Crippen molar-refractivity contribution in [3.63, 3.8) is 0 Å². The summed E-state index contributed by atoms with van der Waals surface area (Å²) < 4.78 is 39.3. The first-order valence-corrected chi connectivity index (χ1v) is 6.97. The molecule has 0 bridgehead atoms. The van der Waals surface area contributed by atoms with E-state index in [1.54, 1.807) is 0 Å². The molecule has 0 spiro atoms. The van der Waals surface area contributed by atoms with Crippen LogP contribution in [0.15, 0.2) is 18.2 Å². The molecule has 0 unspecified atom stereocenters. The van der Waals surface area contributed by atoms with Gasteiger partial charge in [0, 0.05) is 13.6 Å². The maximum absolute atomic E-state index is 13.0. The Balaban J connectivity index is 2.99. The summed E-state index contributed by atoms with van der Waals surface area (Å²) in [6.45, 7) is -0.320. The number of nitro benzene ring substituents is 1. The van der Waals surface area contributed by atoms with Gasteiger partial charge in [0.1, 0.15) is 11.5 Å². The minimum atomic E-state index is -4.18. The third kappa shape index (κ3) is 4.65. The maximum atomic E-state index is 13.0. The average Bonchev–Trinajstić information content (AvgIpc) is 2.37. The lowest BCUT2D eigenvalue weighted by molar-refractivity contribution is -0.384. The molecule has 0 fully saturated rings. The van der Waals surface area contributed by atoms with Crippen LogP contribution in [0.3, 0.4) is 0 Å². The molecule has 1 aromatic carbocycles. The number of aliphatic carboxylic acids is 1. The molecule has 0 aliphatic rings. The van der Waals surface area contributed by atoms with Crippen LogP contribution >= 0.6 is 0 Å². The Labute approximate surface area is 119 Å². The van der Waals surface area contributed by atoms with Gasteiger partial charge in [-0.25, -0.2) is 4.39 Å². The average molecular weight is 321 g/mol. The van der Waals surface area contributed by atoms with Crippen LogP contribution in [0.25, 0.3) is 0 Å². The first-order valence-electron chi connectivity index (χ1n) is 5.53. The standard InChI is InChI=1S/C10H12FN3O6S/c1-13(5-4-10(15)16)21(19,20)12-8-3-2-7(11)6-9(8)14(17)18/h2-3,6,12H,4-5H2,1H3,(H,15,16). The van der Waals surface area contributed by atoms with Gasteiger partial charge in [0.25, 0.3) is 5.69 Å². The molecule has 0 saturated carbocycles. The fourth-order valence-electron chi connectivity index (χ4n) is 1.33. The van der Waals surface area contributed by atoms with Crippen molar-refractivity contribution < 1.29 is 27.6 Å². The summed E-state index contributed by atoms with van der Waals surface area (Å²) in [6, 6.07) is 2.35. The number of nitrogens with one attached hydrogen (secondary N) is 1. The van der Waals surface area contributed by atoms with Gasteiger partial charge in [-0.1, -0.05) is 0 Å². The Morgan fingerprint density at radius 3 is 2.67 bits per heavy atom. The Morgan fingerprint density at radius 2 is 2.14 bits per heavy atom. The van der Waals surface area contributed by atoms with E-state index in [1.807, 2.05) is 4.72 Å². The van der Waals surface area contributed by atoms with Gasteiger partial charge in [0.15, 0.2) is 0 Å². The van der Waals surface area contributed by atoms with Crippen molar-refractivity contribution in [2.45, 2.75) is 6.42 Å². The predicted molar refractivity (Wildman–Crippen MR) is 70.5 cm³/mol. The number of benzene rings is 1. The highest BCUT2D eigenvalue weighted by molar-refractivity contribution is 7.90. The third-order valence-electron chi connectivity index (χ3n) is 2.45. The van der Waals surface area contributed by atoms with Crippen LogP contribution in [0.4, 0.5) is 15.8 Å². The second kappa shape index (κ2) is 6.45. The normalized spacial score (nSPS) is 11.4. The molecule has 1 rings (SSSR count). The zero-order valence-corrected chi connectivity index (χ0v) is 11.6. The molecule has 11 heteroatoms. The number of anilines is 1. The molecule has 0 saturated heterocycles. The highest BCUT2D eigenvalue weighted by Gasteiger charge is 2.23. The zero-order chi connectivity index (χ0) is 16.2.